The molecule has 0 saturated heterocycles. The van der Waals surface area contributed by atoms with Crippen molar-refractivity contribution in [3.63, 3.8) is 0 Å². The van der Waals surface area contributed by atoms with Crippen molar-refractivity contribution >= 4 is 21.9 Å². The van der Waals surface area contributed by atoms with Crippen LogP contribution in [-0.4, -0.2) is 13.1 Å². The predicted octanol–water partition coefficient (Wildman–Crippen LogP) is 2.65. The molecule has 0 aliphatic heterocycles. The van der Waals surface area contributed by atoms with Gasteiger partial charge in [0, 0.05) is 4.47 Å². The van der Waals surface area contributed by atoms with E-state index in [2.05, 4.69) is 22.0 Å². The first kappa shape index (κ1) is 9.71. The standard InChI is InChI=1S/C11H11BrO2/c1-14-11(13)9-5-3-7-2-4-8(12)6-10(7)9/h2,4,6,9H,3,5H2,1H3/t9-/m1/s1. The summed E-state index contributed by atoms with van der Waals surface area (Å²) in [6.45, 7) is 0. The summed E-state index contributed by atoms with van der Waals surface area (Å²) in [5, 5.41) is 0. The van der Waals surface area contributed by atoms with Gasteiger partial charge in [0.2, 0.25) is 0 Å². The molecular weight excluding hydrogens is 244 g/mol. The second kappa shape index (κ2) is 3.73. The molecule has 1 atom stereocenters. The molecular formula is C11H11BrO2. The van der Waals surface area contributed by atoms with Crippen molar-refractivity contribution < 1.29 is 9.53 Å². The predicted molar refractivity (Wildman–Crippen MR) is 57.2 cm³/mol. The van der Waals surface area contributed by atoms with Gasteiger partial charge in [-0.15, -0.1) is 0 Å². The normalized spacial score (nSPS) is 19.1. The molecule has 3 heteroatoms. The Hall–Kier alpha value is -0.830. The van der Waals surface area contributed by atoms with E-state index in [1.807, 2.05) is 12.1 Å². The van der Waals surface area contributed by atoms with Gasteiger partial charge in [-0.3, -0.25) is 4.79 Å². The maximum absolute atomic E-state index is 11.5. The zero-order valence-electron chi connectivity index (χ0n) is 7.92. The molecule has 0 spiro atoms. The number of methoxy groups -OCH3 is 1. The molecule has 0 heterocycles. The molecule has 74 valence electrons. The van der Waals surface area contributed by atoms with Gasteiger partial charge < -0.3 is 4.74 Å². The molecule has 1 aliphatic rings. The molecule has 2 rings (SSSR count). The zero-order valence-corrected chi connectivity index (χ0v) is 9.50. The number of esters is 1. The molecule has 0 radical (unpaired) electrons. The van der Waals surface area contributed by atoms with Crippen molar-refractivity contribution in [1.82, 2.24) is 0 Å². The summed E-state index contributed by atoms with van der Waals surface area (Å²) in [5.74, 6) is -0.186. The number of ether oxygens (including phenoxy) is 1. The van der Waals surface area contributed by atoms with Crippen LogP contribution in [0.2, 0.25) is 0 Å². The Bertz CT molecular complexity index is 374. The van der Waals surface area contributed by atoms with Crippen molar-refractivity contribution in [2.75, 3.05) is 7.11 Å². The molecule has 0 amide bonds. The average Bonchev–Trinajstić information content (AvgIpc) is 2.59. The SMILES string of the molecule is COC(=O)[C@@H]1CCc2ccc(Br)cc21. The first-order chi connectivity index (χ1) is 6.72. The van der Waals surface area contributed by atoms with Gasteiger partial charge in [-0.1, -0.05) is 22.0 Å². The number of rotatable bonds is 1. The molecule has 2 nitrogen and oxygen atoms in total. The van der Waals surface area contributed by atoms with E-state index in [1.54, 1.807) is 0 Å². The summed E-state index contributed by atoms with van der Waals surface area (Å²) in [6, 6.07) is 6.10. The lowest BCUT2D eigenvalue weighted by Gasteiger charge is -2.08. The molecule has 0 fully saturated rings. The number of hydrogen-bond donors (Lipinski definition) is 0. The Labute approximate surface area is 91.4 Å². The van der Waals surface area contributed by atoms with Crippen LogP contribution in [0.3, 0.4) is 0 Å². The molecule has 0 N–H and O–H groups in total. The summed E-state index contributed by atoms with van der Waals surface area (Å²) in [5.41, 5.74) is 2.38. The highest BCUT2D eigenvalue weighted by molar-refractivity contribution is 9.10. The summed E-state index contributed by atoms with van der Waals surface area (Å²) >= 11 is 3.41. The number of carbonyl (C=O) groups excluding carboxylic acids is 1. The summed E-state index contributed by atoms with van der Waals surface area (Å²) < 4.78 is 5.80. The Morgan fingerprint density at radius 1 is 1.57 bits per heavy atom. The van der Waals surface area contributed by atoms with E-state index in [4.69, 9.17) is 4.74 Å². The number of benzene rings is 1. The minimum atomic E-state index is -0.123. The first-order valence-electron chi connectivity index (χ1n) is 4.58. The lowest BCUT2D eigenvalue weighted by Crippen LogP contribution is -2.11. The maximum atomic E-state index is 11.5. The number of halogens is 1. The fourth-order valence-electron chi connectivity index (χ4n) is 1.96. The molecule has 1 aromatic carbocycles. The first-order valence-corrected chi connectivity index (χ1v) is 5.38. The van der Waals surface area contributed by atoms with Gasteiger partial charge >= 0.3 is 5.97 Å². The van der Waals surface area contributed by atoms with Gasteiger partial charge in [0.1, 0.15) is 0 Å². The average molecular weight is 255 g/mol. The van der Waals surface area contributed by atoms with Crippen LogP contribution in [-0.2, 0) is 16.0 Å². The van der Waals surface area contributed by atoms with Crippen LogP contribution in [0.1, 0.15) is 23.5 Å². The van der Waals surface area contributed by atoms with E-state index in [0.717, 1.165) is 22.9 Å². The third-order valence-electron chi connectivity index (χ3n) is 2.67. The van der Waals surface area contributed by atoms with Crippen LogP contribution in [0, 0.1) is 0 Å². The Morgan fingerprint density at radius 2 is 2.36 bits per heavy atom. The van der Waals surface area contributed by atoms with E-state index in [-0.39, 0.29) is 11.9 Å². The van der Waals surface area contributed by atoms with E-state index < -0.39 is 0 Å². The van der Waals surface area contributed by atoms with Crippen LogP contribution in [0.25, 0.3) is 0 Å². The highest BCUT2D eigenvalue weighted by Crippen LogP contribution is 2.35. The van der Waals surface area contributed by atoms with Crippen molar-refractivity contribution in [3.05, 3.63) is 33.8 Å². The number of hydrogen-bond acceptors (Lipinski definition) is 2. The molecule has 14 heavy (non-hydrogen) atoms. The summed E-state index contributed by atoms with van der Waals surface area (Å²) in [7, 11) is 1.44. The fraction of sp³-hybridized carbons (Fsp3) is 0.364. The second-order valence-electron chi connectivity index (χ2n) is 3.46. The van der Waals surface area contributed by atoms with Crippen LogP contribution in [0.5, 0.6) is 0 Å². The quantitative estimate of drug-likeness (QED) is 0.721. The highest BCUT2D eigenvalue weighted by Gasteiger charge is 2.29. The zero-order chi connectivity index (χ0) is 10.1. The molecule has 0 unspecified atom stereocenters. The third-order valence-corrected chi connectivity index (χ3v) is 3.16. The van der Waals surface area contributed by atoms with Gasteiger partial charge in [0.15, 0.2) is 0 Å². The summed E-state index contributed by atoms with van der Waals surface area (Å²) in [4.78, 5) is 11.5. The van der Waals surface area contributed by atoms with Crippen LogP contribution < -0.4 is 0 Å². The van der Waals surface area contributed by atoms with Crippen LogP contribution in [0.4, 0.5) is 0 Å². The largest absolute Gasteiger partial charge is 0.469 e. The smallest absolute Gasteiger partial charge is 0.313 e. The minimum Gasteiger partial charge on any atom is -0.469 e. The lowest BCUT2D eigenvalue weighted by atomic mass is 10.0. The number of aryl methyl sites for hydroxylation is 1. The Morgan fingerprint density at radius 3 is 3.07 bits per heavy atom. The molecule has 0 saturated carbocycles. The monoisotopic (exact) mass is 254 g/mol. The second-order valence-corrected chi connectivity index (χ2v) is 4.37. The van der Waals surface area contributed by atoms with Crippen LogP contribution in [0.15, 0.2) is 22.7 Å². The summed E-state index contributed by atoms with van der Waals surface area (Å²) in [6.07, 6.45) is 1.85. The molecule has 0 bridgehead atoms. The molecule has 1 aliphatic carbocycles. The van der Waals surface area contributed by atoms with Crippen molar-refractivity contribution in [3.8, 4) is 0 Å². The van der Waals surface area contributed by atoms with Gasteiger partial charge in [0.25, 0.3) is 0 Å². The van der Waals surface area contributed by atoms with Crippen molar-refractivity contribution in [1.29, 1.82) is 0 Å². The van der Waals surface area contributed by atoms with Gasteiger partial charge in [0.05, 0.1) is 13.0 Å². The van der Waals surface area contributed by atoms with E-state index >= 15 is 0 Å². The molecule has 1 aromatic rings. The van der Waals surface area contributed by atoms with Gasteiger partial charge in [-0.2, -0.15) is 0 Å². The van der Waals surface area contributed by atoms with E-state index in [1.165, 1.54) is 12.7 Å². The van der Waals surface area contributed by atoms with Crippen LogP contribution >= 0.6 is 15.9 Å². The Balaban J connectivity index is 2.38. The van der Waals surface area contributed by atoms with E-state index in [0.29, 0.717) is 0 Å². The van der Waals surface area contributed by atoms with Gasteiger partial charge in [-0.25, -0.2) is 0 Å². The fourth-order valence-corrected chi connectivity index (χ4v) is 2.34. The Kier molecular flexibility index (Phi) is 2.59. The number of fused-ring (bicyclic) bond motifs is 1. The highest BCUT2D eigenvalue weighted by atomic mass is 79.9. The van der Waals surface area contributed by atoms with Crippen molar-refractivity contribution in [2.24, 2.45) is 0 Å². The minimum absolute atomic E-state index is 0.0625. The third kappa shape index (κ3) is 1.57. The topological polar surface area (TPSA) is 26.3 Å². The number of carbonyl (C=O) groups is 1. The van der Waals surface area contributed by atoms with Crippen molar-refractivity contribution in [2.45, 2.75) is 18.8 Å². The lowest BCUT2D eigenvalue weighted by molar-refractivity contribution is -0.142. The molecule has 0 aromatic heterocycles. The van der Waals surface area contributed by atoms with E-state index in [9.17, 15) is 4.79 Å². The maximum Gasteiger partial charge on any atom is 0.313 e. The van der Waals surface area contributed by atoms with Gasteiger partial charge in [-0.05, 0) is 36.1 Å².